The molecule has 1 aliphatic rings. The summed E-state index contributed by atoms with van der Waals surface area (Å²) in [6, 6.07) is 0. The number of alkyl halides is 1. The van der Waals surface area contributed by atoms with Crippen LogP contribution in [0, 0.1) is 0 Å². The average molecular weight is 301 g/mol. The summed E-state index contributed by atoms with van der Waals surface area (Å²) in [6.07, 6.45) is 1.78. The molecule has 0 aromatic heterocycles. The molecular weight excluding hydrogens is 283 g/mol. The Kier molecular flexibility index (Phi) is 5.79. The first-order chi connectivity index (χ1) is 7.16. The van der Waals surface area contributed by atoms with Crippen molar-refractivity contribution in [1.82, 2.24) is 0 Å². The van der Waals surface area contributed by atoms with Crippen molar-refractivity contribution in [2.24, 2.45) is 0 Å². The van der Waals surface area contributed by atoms with Gasteiger partial charge in [0.2, 0.25) is 0 Å². The van der Waals surface area contributed by atoms with E-state index in [1.165, 1.54) is 0 Å². The molecule has 0 aliphatic carbocycles. The highest BCUT2D eigenvalue weighted by atomic mass is 79.9. The first kappa shape index (κ1) is 13.7. The second-order valence-corrected chi connectivity index (χ2v) is 6.14. The molecule has 0 N–H and O–H groups in total. The Morgan fingerprint density at radius 3 is 2.33 bits per heavy atom. The van der Waals surface area contributed by atoms with Crippen LogP contribution < -0.4 is 0 Å². The van der Waals surface area contributed by atoms with Gasteiger partial charge in [0, 0.05) is 5.33 Å². The van der Waals surface area contributed by atoms with Crippen molar-refractivity contribution in [3.63, 3.8) is 0 Å². The lowest BCUT2D eigenvalue weighted by Crippen LogP contribution is -2.15. The van der Waals surface area contributed by atoms with Crippen molar-refractivity contribution in [2.45, 2.75) is 38.6 Å². The van der Waals surface area contributed by atoms with Crippen LogP contribution in [-0.4, -0.2) is 30.5 Å². The van der Waals surface area contributed by atoms with Crippen molar-refractivity contribution in [3.05, 3.63) is 0 Å². The Bertz CT molecular complexity index is 226. The Labute approximate surface area is 99.3 Å². The molecule has 0 aromatic carbocycles. The van der Waals surface area contributed by atoms with E-state index in [0.717, 1.165) is 18.2 Å². The standard InChI is InChI=1S/C9H18BrO4P/c1-3-12-15(11,13-4-2)9-6-5-8(7-10)14-9/h8-9H,3-7H2,1-2H3/t8-,9?/m0/s1. The smallest absolute Gasteiger partial charge is 0.359 e. The van der Waals surface area contributed by atoms with E-state index < -0.39 is 7.60 Å². The van der Waals surface area contributed by atoms with E-state index in [2.05, 4.69) is 15.9 Å². The maximum absolute atomic E-state index is 12.3. The van der Waals surface area contributed by atoms with E-state index in [-0.39, 0.29) is 11.9 Å². The van der Waals surface area contributed by atoms with Crippen LogP contribution in [0.3, 0.4) is 0 Å². The molecule has 4 nitrogen and oxygen atoms in total. The third-order valence-electron chi connectivity index (χ3n) is 2.23. The van der Waals surface area contributed by atoms with Crippen LogP contribution in [-0.2, 0) is 18.3 Å². The topological polar surface area (TPSA) is 44.8 Å². The zero-order chi connectivity index (χ0) is 11.3. The van der Waals surface area contributed by atoms with Crippen molar-refractivity contribution in [3.8, 4) is 0 Å². The van der Waals surface area contributed by atoms with Crippen molar-refractivity contribution >= 4 is 23.5 Å². The fourth-order valence-electron chi connectivity index (χ4n) is 1.60. The predicted octanol–water partition coefficient (Wildman–Crippen LogP) is 3.15. The quantitative estimate of drug-likeness (QED) is 0.558. The minimum Gasteiger partial charge on any atom is -0.361 e. The van der Waals surface area contributed by atoms with Gasteiger partial charge < -0.3 is 13.8 Å². The Morgan fingerprint density at radius 2 is 1.93 bits per heavy atom. The van der Waals surface area contributed by atoms with Crippen LogP contribution in [0.25, 0.3) is 0 Å². The molecule has 1 rings (SSSR count). The molecule has 15 heavy (non-hydrogen) atoms. The van der Waals surface area contributed by atoms with E-state index in [1.54, 1.807) is 0 Å². The highest BCUT2D eigenvalue weighted by Gasteiger charge is 2.41. The van der Waals surface area contributed by atoms with Gasteiger partial charge in [0.1, 0.15) is 0 Å². The van der Waals surface area contributed by atoms with Crippen molar-refractivity contribution in [1.29, 1.82) is 0 Å². The van der Waals surface area contributed by atoms with Gasteiger partial charge in [0.05, 0.1) is 19.3 Å². The molecule has 90 valence electrons. The first-order valence-corrected chi connectivity index (χ1v) is 7.99. The molecule has 0 radical (unpaired) electrons. The fourth-order valence-corrected chi connectivity index (χ4v) is 3.99. The highest BCUT2D eigenvalue weighted by Crippen LogP contribution is 2.57. The molecule has 0 spiro atoms. The van der Waals surface area contributed by atoms with Crippen LogP contribution in [0.2, 0.25) is 0 Å². The SMILES string of the molecule is CCOP(=O)(OCC)C1CC[C@@H](CBr)O1. The number of rotatable bonds is 6. The minimum absolute atomic E-state index is 0.129. The maximum Gasteiger partial charge on any atom is 0.359 e. The highest BCUT2D eigenvalue weighted by molar-refractivity contribution is 9.09. The van der Waals surface area contributed by atoms with Crippen LogP contribution >= 0.6 is 23.5 Å². The average Bonchev–Trinajstić information content (AvgIpc) is 2.67. The summed E-state index contributed by atoms with van der Waals surface area (Å²) in [4.78, 5) is 0. The molecule has 1 unspecified atom stereocenters. The van der Waals surface area contributed by atoms with Crippen LogP contribution in [0.15, 0.2) is 0 Å². The first-order valence-electron chi connectivity index (χ1n) is 5.26. The molecule has 1 aliphatic heterocycles. The molecule has 0 bridgehead atoms. The van der Waals surface area contributed by atoms with Gasteiger partial charge in [-0.05, 0) is 26.7 Å². The predicted molar refractivity (Wildman–Crippen MR) is 62.5 cm³/mol. The third-order valence-corrected chi connectivity index (χ3v) is 5.27. The van der Waals surface area contributed by atoms with E-state index in [0.29, 0.717) is 13.2 Å². The van der Waals surface area contributed by atoms with Gasteiger partial charge >= 0.3 is 7.60 Å². The second-order valence-electron chi connectivity index (χ2n) is 3.32. The normalized spacial score (nSPS) is 27.1. The maximum atomic E-state index is 12.3. The molecule has 0 amide bonds. The summed E-state index contributed by atoms with van der Waals surface area (Å²) in [5.74, 6) is -0.389. The molecular formula is C9H18BrO4P. The molecule has 0 aromatic rings. The number of ether oxygens (including phenoxy) is 1. The summed E-state index contributed by atoms with van der Waals surface area (Å²) in [5, 5.41) is 0.766. The number of hydrogen-bond acceptors (Lipinski definition) is 4. The number of hydrogen-bond donors (Lipinski definition) is 0. The Morgan fingerprint density at radius 1 is 1.33 bits per heavy atom. The lowest BCUT2D eigenvalue weighted by Gasteiger charge is -2.22. The number of halogens is 1. The van der Waals surface area contributed by atoms with Gasteiger partial charge in [-0.15, -0.1) is 0 Å². The van der Waals surface area contributed by atoms with Crippen LogP contribution in [0.1, 0.15) is 26.7 Å². The van der Waals surface area contributed by atoms with Crippen LogP contribution in [0.5, 0.6) is 0 Å². The van der Waals surface area contributed by atoms with Gasteiger partial charge in [0.15, 0.2) is 5.85 Å². The van der Waals surface area contributed by atoms with Gasteiger partial charge in [-0.3, -0.25) is 4.57 Å². The minimum atomic E-state index is -3.06. The van der Waals surface area contributed by atoms with E-state index in [9.17, 15) is 4.57 Å². The lowest BCUT2D eigenvalue weighted by molar-refractivity contribution is 0.0731. The third kappa shape index (κ3) is 3.53. The molecule has 0 saturated carbocycles. The van der Waals surface area contributed by atoms with Crippen molar-refractivity contribution in [2.75, 3.05) is 18.5 Å². The molecule has 1 heterocycles. The summed E-state index contributed by atoms with van der Waals surface area (Å²) in [7, 11) is -3.06. The molecule has 6 heteroatoms. The summed E-state index contributed by atoms with van der Waals surface area (Å²) < 4.78 is 28.4. The van der Waals surface area contributed by atoms with E-state index >= 15 is 0 Å². The van der Waals surface area contributed by atoms with Crippen molar-refractivity contribution < 1.29 is 18.3 Å². The molecule has 1 fully saturated rings. The largest absolute Gasteiger partial charge is 0.361 e. The van der Waals surface area contributed by atoms with E-state index in [1.807, 2.05) is 13.8 Å². The van der Waals surface area contributed by atoms with Gasteiger partial charge in [-0.1, -0.05) is 15.9 Å². The zero-order valence-corrected chi connectivity index (χ0v) is 11.6. The zero-order valence-electron chi connectivity index (χ0n) is 9.15. The van der Waals surface area contributed by atoms with Gasteiger partial charge in [0.25, 0.3) is 0 Å². The molecule has 2 atom stereocenters. The van der Waals surface area contributed by atoms with Gasteiger partial charge in [-0.25, -0.2) is 0 Å². The monoisotopic (exact) mass is 300 g/mol. The Balaban J connectivity index is 2.61. The summed E-state index contributed by atoms with van der Waals surface area (Å²) in [6.45, 7) is 4.39. The molecule has 1 saturated heterocycles. The summed E-state index contributed by atoms with van der Waals surface area (Å²) in [5.41, 5.74) is 0. The Hall–Kier alpha value is 0.590. The van der Waals surface area contributed by atoms with Gasteiger partial charge in [-0.2, -0.15) is 0 Å². The second kappa shape index (κ2) is 6.36. The lowest BCUT2D eigenvalue weighted by atomic mass is 10.3. The fraction of sp³-hybridized carbons (Fsp3) is 1.00. The van der Waals surface area contributed by atoms with E-state index in [4.69, 9.17) is 13.8 Å². The summed E-state index contributed by atoms with van der Waals surface area (Å²) >= 11 is 3.35. The van der Waals surface area contributed by atoms with Crippen LogP contribution in [0.4, 0.5) is 0 Å².